The van der Waals surface area contributed by atoms with Crippen molar-refractivity contribution in [1.29, 1.82) is 0 Å². The SMILES string of the molecule is Cc1cccc2nc(NCc3ccc([N+](=O)[O-])cc3)nn12. The van der Waals surface area contributed by atoms with Gasteiger partial charge in [-0.3, -0.25) is 10.1 Å². The summed E-state index contributed by atoms with van der Waals surface area (Å²) in [7, 11) is 0. The number of nitro groups is 1. The quantitative estimate of drug-likeness (QED) is 0.587. The van der Waals surface area contributed by atoms with Gasteiger partial charge in [-0.2, -0.15) is 4.98 Å². The first-order chi connectivity index (χ1) is 10.1. The molecule has 0 fully saturated rings. The Labute approximate surface area is 120 Å². The zero-order valence-corrected chi connectivity index (χ0v) is 11.4. The molecule has 0 radical (unpaired) electrons. The number of aryl methyl sites for hydroxylation is 1. The van der Waals surface area contributed by atoms with E-state index in [4.69, 9.17) is 0 Å². The summed E-state index contributed by atoms with van der Waals surface area (Å²) in [6, 6.07) is 12.2. The molecule has 2 heterocycles. The zero-order valence-electron chi connectivity index (χ0n) is 11.4. The number of anilines is 1. The van der Waals surface area contributed by atoms with Crippen molar-refractivity contribution < 1.29 is 4.92 Å². The molecule has 7 nitrogen and oxygen atoms in total. The first-order valence-electron chi connectivity index (χ1n) is 6.43. The number of hydrogen-bond donors (Lipinski definition) is 1. The molecule has 0 amide bonds. The van der Waals surface area contributed by atoms with Crippen molar-refractivity contribution in [2.24, 2.45) is 0 Å². The number of aromatic nitrogens is 3. The summed E-state index contributed by atoms with van der Waals surface area (Å²) in [6.07, 6.45) is 0. The Morgan fingerprint density at radius 1 is 1.24 bits per heavy atom. The lowest BCUT2D eigenvalue weighted by atomic mass is 10.2. The smallest absolute Gasteiger partial charge is 0.269 e. The van der Waals surface area contributed by atoms with E-state index >= 15 is 0 Å². The standard InChI is InChI=1S/C14H13N5O2/c1-10-3-2-4-13-16-14(17-18(10)13)15-9-11-5-7-12(8-6-11)19(20)21/h2-8H,9H2,1H3,(H,15,17). The topological polar surface area (TPSA) is 85.4 Å². The van der Waals surface area contributed by atoms with Gasteiger partial charge in [-0.05, 0) is 24.6 Å². The maximum Gasteiger partial charge on any atom is 0.269 e. The highest BCUT2D eigenvalue weighted by molar-refractivity contribution is 5.44. The zero-order chi connectivity index (χ0) is 14.8. The Bertz CT molecular complexity index is 795. The van der Waals surface area contributed by atoms with Crippen molar-refractivity contribution in [2.75, 3.05) is 5.32 Å². The van der Waals surface area contributed by atoms with E-state index in [1.807, 2.05) is 25.1 Å². The van der Waals surface area contributed by atoms with E-state index in [1.54, 1.807) is 16.6 Å². The molecule has 0 aliphatic heterocycles. The van der Waals surface area contributed by atoms with E-state index in [0.717, 1.165) is 16.9 Å². The highest BCUT2D eigenvalue weighted by Crippen LogP contribution is 2.13. The Balaban J connectivity index is 1.74. The van der Waals surface area contributed by atoms with E-state index < -0.39 is 4.92 Å². The normalized spacial score (nSPS) is 10.7. The first kappa shape index (κ1) is 13.0. The molecule has 0 saturated carbocycles. The molecule has 1 N–H and O–H groups in total. The van der Waals surface area contributed by atoms with Crippen LogP contribution in [-0.2, 0) is 6.54 Å². The Kier molecular flexibility index (Phi) is 3.23. The number of fused-ring (bicyclic) bond motifs is 1. The molecule has 1 aromatic carbocycles. The average molecular weight is 283 g/mol. The van der Waals surface area contributed by atoms with Crippen LogP contribution in [0.1, 0.15) is 11.3 Å². The molecule has 7 heteroatoms. The minimum atomic E-state index is -0.413. The van der Waals surface area contributed by atoms with Gasteiger partial charge in [0.05, 0.1) is 4.92 Å². The Morgan fingerprint density at radius 2 is 2.00 bits per heavy atom. The number of nitrogens with one attached hydrogen (secondary N) is 1. The van der Waals surface area contributed by atoms with Crippen LogP contribution in [-0.4, -0.2) is 19.5 Å². The fourth-order valence-electron chi connectivity index (χ4n) is 2.03. The predicted octanol–water partition coefficient (Wildman–Crippen LogP) is 2.56. The number of hydrogen-bond acceptors (Lipinski definition) is 5. The summed E-state index contributed by atoms with van der Waals surface area (Å²) in [5, 5.41) is 18.1. The lowest BCUT2D eigenvalue weighted by Gasteiger charge is -2.01. The van der Waals surface area contributed by atoms with Gasteiger partial charge in [0.25, 0.3) is 5.69 Å². The summed E-state index contributed by atoms with van der Waals surface area (Å²) in [6.45, 7) is 2.47. The Hall–Kier alpha value is -2.96. The highest BCUT2D eigenvalue weighted by atomic mass is 16.6. The third kappa shape index (κ3) is 2.66. The first-order valence-corrected chi connectivity index (χ1v) is 6.43. The molecule has 2 aromatic heterocycles. The van der Waals surface area contributed by atoms with E-state index in [1.165, 1.54) is 12.1 Å². The predicted molar refractivity (Wildman–Crippen MR) is 78.1 cm³/mol. The minimum Gasteiger partial charge on any atom is -0.349 e. The lowest BCUT2D eigenvalue weighted by molar-refractivity contribution is -0.384. The molecule has 0 bridgehead atoms. The molecule has 0 saturated heterocycles. The molecule has 0 aliphatic carbocycles. The molecule has 3 rings (SSSR count). The monoisotopic (exact) mass is 283 g/mol. The fourth-order valence-corrected chi connectivity index (χ4v) is 2.03. The van der Waals surface area contributed by atoms with Gasteiger partial charge in [-0.25, -0.2) is 4.52 Å². The van der Waals surface area contributed by atoms with Crippen LogP contribution >= 0.6 is 0 Å². The maximum atomic E-state index is 10.6. The van der Waals surface area contributed by atoms with Crippen molar-refractivity contribution in [3.8, 4) is 0 Å². The van der Waals surface area contributed by atoms with Crippen molar-refractivity contribution in [1.82, 2.24) is 14.6 Å². The van der Waals surface area contributed by atoms with Gasteiger partial charge in [0.15, 0.2) is 5.65 Å². The largest absolute Gasteiger partial charge is 0.349 e. The van der Waals surface area contributed by atoms with Crippen LogP contribution in [0.15, 0.2) is 42.5 Å². The van der Waals surface area contributed by atoms with Gasteiger partial charge >= 0.3 is 0 Å². The second-order valence-electron chi connectivity index (χ2n) is 4.65. The molecule has 0 atom stereocenters. The van der Waals surface area contributed by atoms with Crippen LogP contribution in [0.2, 0.25) is 0 Å². The highest BCUT2D eigenvalue weighted by Gasteiger charge is 2.06. The van der Waals surface area contributed by atoms with Gasteiger partial charge in [-0.15, -0.1) is 5.10 Å². The van der Waals surface area contributed by atoms with Gasteiger partial charge in [0, 0.05) is 24.4 Å². The number of rotatable bonds is 4. The summed E-state index contributed by atoms with van der Waals surface area (Å²) in [5.74, 6) is 0.530. The summed E-state index contributed by atoms with van der Waals surface area (Å²) >= 11 is 0. The number of non-ortho nitro benzene ring substituents is 1. The summed E-state index contributed by atoms with van der Waals surface area (Å²) in [5.41, 5.74) is 2.79. The van der Waals surface area contributed by atoms with Crippen LogP contribution in [0.3, 0.4) is 0 Å². The van der Waals surface area contributed by atoms with E-state index in [9.17, 15) is 10.1 Å². The Morgan fingerprint density at radius 3 is 2.67 bits per heavy atom. The number of nitrogens with zero attached hydrogens (tertiary/aromatic N) is 4. The second kappa shape index (κ2) is 5.20. The molecule has 0 aliphatic rings. The third-order valence-corrected chi connectivity index (χ3v) is 3.15. The molecule has 21 heavy (non-hydrogen) atoms. The molecule has 106 valence electrons. The number of pyridine rings is 1. The van der Waals surface area contributed by atoms with E-state index in [2.05, 4.69) is 15.4 Å². The van der Waals surface area contributed by atoms with Crippen LogP contribution in [0.5, 0.6) is 0 Å². The van der Waals surface area contributed by atoms with Crippen molar-refractivity contribution in [2.45, 2.75) is 13.5 Å². The third-order valence-electron chi connectivity index (χ3n) is 3.15. The van der Waals surface area contributed by atoms with Crippen LogP contribution in [0, 0.1) is 17.0 Å². The van der Waals surface area contributed by atoms with Gasteiger partial charge in [0.1, 0.15) is 0 Å². The van der Waals surface area contributed by atoms with Crippen LogP contribution in [0.4, 0.5) is 11.6 Å². The lowest BCUT2D eigenvalue weighted by Crippen LogP contribution is -2.01. The minimum absolute atomic E-state index is 0.0835. The molecule has 0 spiro atoms. The molecular formula is C14H13N5O2. The van der Waals surface area contributed by atoms with Crippen molar-refractivity contribution in [3.05, 3.63) is 63.8 Å². The fraction of sp³-hybridized carbons (Fsp3) is 0.143. The maximum absolute atomic E-state index is 10.6. The van der Waals surface area contributed by atoms with Gasteiger partial charge < -0.3 is 5.32 Å². The van der Waals surface area contributed by atoms with Gasteiger partial charge in [-0.1, -0.05) is 18.2 Å². The summed E-state index contributed by atoms with van der Waals surface area (Å²) < 4.78 is 1.76. The number of benzene rings is 1. The average Bonchev–Trinajstić information content (AvgIpc) is 2.90. The van der Waals surface area contributed by atoms with Gasteiger partial charge in [0.2, 0.25) is 5.95 Å². The van der Waals surface area contributed by atoms with Crippen LogP contribution in [0.25, 0.3) is 5.65 Å². The van der Waals surface area contributed by atoms with Crippen LogP contribution < -0.4 is 5.32 Å². The van der Waals surface area contributed by atoms with E-state index in [-0.39, 0.29) is 5.69 Å². The van der Waals surface area contributed by atoms with Crippen molar-refractivity contribution in [3.63, 3.8) is 0 Å². The second-order valence-corrected chi connectivity index (χ2v) is 4.65. The number of nitro benzene ring substituents is 1. The summed E-state index contributed by atoms with van der Waals surface area (Å²) in [4.78, 5) is 14.5. The van der Waals surface area contributed by atoms with Crippen molar-refractivity contribution >= 4 is 17.3 Å². The molecular weight excluding hydrogens is 270 g/mol. The molecule has 3 aromatic rings. The molecule has 0 unspecified atom stereocenters. The van der Waals surface area contributed by atoms with E-state index in [0.29, 0.717) is 12.5 Å².